The quantitative estimate of drug-likeness (QED) is 0.686. The fraction of sp³-hybridized carbons (Fsp3) is 0.333. The molecule has 1 N–H and O–H groups in total. The molecule has 66 valence electrons. The van der Waals surface area contributed by atoms with Crippen LogP contribution in [0, 0.1) is 19.7 Å². The van der Waals surface area contributed by atoms with Gasteiger partial charge < -0.3 is 0 Å². The van der Waals surface area contributed by atoms with Crippen LogP contribution in [-0.2, 0) is 4.84 Å². The Bertz CT molecular complexity index is 286. The normalized spacial score (nSPS) is 10.0. The first kappa shape index (κ1) is 9.00. The molecule has 0 saturated carbocycles. The van der Waals surface area contributed by atoms with E-state index < -0.39 is 0 Å². The first-order valence-corrected chi connectivity index (χ1v) is 3.71. The molecule has 0 radical (unpaired) electrons. The third-order valence-electron chi connectivity index (χ3n) is 1.80. The molecule has 0 unspecified atom stereocenters. The Balaban J connectivity index is 3.05. The highest BCUT2D eigenvalue weighted by atomic mass is 19.1. The maximum Gasteiger partial charge on any atom is 0.148 e. The van der Waals surface area contributed by atoms with Crippen molar-refractivity contribution in [2.75, 3.05) is 12.6 Å². The molecule has 0 aliphatic rings. The molecule has 0 bridgehead atoms. The summed E-state index contributed by atoms with van der Waals surface area (Å²) in [5.41, 5.74) is 4.82. The molecule has 0 aromatic heterocycles. The maximum absolute atomic E-state index is 13.1. The summed E-state index contributed by atoms with van der Waals surface area (Å²) in [6, 6.07) is 3.20. The van der Waals surface area contributed by atoms with Crippen LogP contribution in [0.2, 0.25) is 0 Å². The van der Waals surface area contributed by atoms with E-state index in [1.165, 1.54) is 13.2 Å². The second-order valence-corrected chi connectivity index (χ2v) is 2.72. The van der Waals surface area contributed by atoms with E-state index in [1.807, 2.05) is 13.8 Å². The van der Waals surface area contributed by atoms with Gasteiger partial charge in [-0.15, -0.1) is 0 Å². The van der Waals surface area contributed by atoms with E-state index >= 15 is 0 Å². The first-order valence-electron chi connectivity index (χ1n) is 3.71. The number of aryl methyl sites for hydroxylation is 2. The molecule has 3 heteroatoms. The van der Waals surface area contributed by atoms with Gasteiger partial charge in [0.1, 0.15) is 5.82 Å². The molecule has 0 heterocycles. The summed E-state index contributed by atoms with van der Waals surface area (Å²) in [5.74, 6) is -0.292. The van der Waals surface area contributed by atoms with Gasteiger partial charge in [-0.25, -0.2) is 4.39 Å². The fourth-order valence-corrected chi connectivity index (χ4v) is 0.969. The van der Waals surface area contributed by atoms with Crippen LogP contribution in [-0.4, -0.2) is 7.11 Å². The molecule has 0 fully saturated rings. The molecule has 0 saturated heterocycles. The van der Waals surface area contributed by atoms with E-state index in [2.05, 4.69) is 10.3 Å². The Morgan fingerprint density at radius 1 is 1.25 bits per heavy atom. The van der Waals surface area contributed by atoms with E-state index in [9.17, 15) is 4.39 Å². The van der Waals surface area contributed by atoms with Crippen molar-refractivity contribution in [2.24, 2.45) is 0 Å². The predicted molar refractivity (Wildman–Crippen MR) is 46.5 cm³/mol. The van der Waals surface area contributed by atoms with Crippen molar-refractivity contribution in [3.8, 4) is 0 Å². The van der Waals surface area contributed by atoms with Gasteiger partial charge in [0.2, 0.25) is 0 Å². The van der Waals surface area contributed by atoms with Crippen LogP contribution in [0.4, 0.5) is 10.1 Å². The lowest BCUT2D eigenvalue weighted by Crippen LogP contribution is -1.99. The van der Waals surface area contributed by atoms with E-state index in [4.69, 9.17) is 0 Å². The zero-order chi connectivity index (χ0) is 9.14. The van der Waals surface area contributed by atoms with Gasteiger partial charge in [-0.05, 0) is 37.1 Å². The van der Waals surface area contributed by atoms with Crippen molar-refractivity contribution < 1.29 is 9.23 Å². The average molecular weight is 169 g/mol. The summed E-state index contributed by atoms with van der Waals surface area (Å²) in [7, 11) is 1.45. The molecule has 2 nitrogen and oxygen atoms in total. The summed E-state index contributed by atoms with van der Waals surface area (Å²) in [5, 5.41) is 0. The van der Waals surface area contributed by atoms with Crippen molar-refractivity contribution in [3.63, 3.8) is 0 Å². The number of hydrogen-bond acceptors (Lipinski definition) is 2. The Morgan fingerprint density at radius 2 is 1.83 bits per heavy atom. The monoisotopic (exact) mass is 169 g/mol. The van der Waals surface area contributed by atoms with Gasteiger partial charge in [-0.2, -0.15) is 0 Å². The van der Waals surface area contributed by atoms with E-state index in [0.717, 1.165) is 11.1 Å². The number of anilines is 1. The molecular formula is C9H12FNO. The molecule has 0 amide bonds. The first-order chi connectivity index (χ1) is 5.65. The minimum atomic E-state index is -0.292. The van der Waals surface area contributed by atoms with Crippen molar-refractivity contribution in [1.29, 1.82) is 0 Å². The summed E-state index contributed by atoms with van der Waals surface area (Å²) >= 11 is 0. The van der Waals surface area contributed by atoms with Crippen LogP contribution in [0.5, 0.6) is 0 Å². The van der Waals surface area contributed by atoms with Gasteiger partial charge in [0, 0.05) is 0 Å². The van der Waals surface area contributed by atoms with Gasteiger partial charge in [0.25, 0.3) is 0 Å². The maximum atomic E-state index is 13.1. The number of rotatable bonds is 2. The standard InChI is InChI=1S/C9H12FNO/c1-6-4-8(10)9(11-12-3)5-7(6)2/h4-5,11H,1-3H3. The van der Waals surface area contributed by atoms with Gasteiger partial charge in [-0.1, -0.05) is 0 Å². The summed E-state index contributed by atoms with van der Waals surface area (Å²) in [6.45, 7) is 3.80. The smallest absolute Gasteiger partial charge is 0.148 e. The minimum absolute atomic E-state index is 0.292. The highest BCUT2D eigenvalue weighted by Gasteiger charge is 2.03. The Labute approximate surface area is 71.3 Å². The molecule has 12 heavy (non-hydrogen) atoms. The summed E-state index contributed by atoms with van der Waals surface area (Å²) < 4.78 is 13.1. The lowest BCUT2D eigenvalue weighted by Gasteiger charge is -2.07. The van der Waals surface area contributed by atoms with E-state index in [0.29, 0.717) is 5.69 Å². The summed E-state index contributed by atoms with van der Waals surface area (Å²) in [4.78, 5) is 4.61. The third kappa shape index (κ3) is 1.74. The molecule has 1 aromatic carbocycles. The largest absolute Gasteiger partial charge is 0.279 e. The van der Waals surface area contributed by atoms with Crippen molar-refractivity contribution >= 4 is 5.69 Å². The van der Waals surface area contributed by atoms with Crippen LogP contribution in [0.1, 0.15) is 11.1 Å². The fourth-order valence-electron chi connectivity index (χ4n) is 0.969. The SMILES string of the molecule is CONc1cc(C)c(C)cc1F. The number of halogens is 1. The van der Waals surface area contributed by atoms with Crippen molar-refractivity contribution in [3.05, 3.63) is 29.1 Å². The van der Waals surface area contributed by atoms with Crippen LogP contribution in [0.15, 0.2) is 12.1 Å². The van der Waals surface area contributed by atoms with Crippen LogP contribution in [0.3, 0.4) is 0 Å². The molecule has 1 rings (SSSR count). The second kappa shape index (κ2) is 3.54. The lowest BCUT2D eigenvalue weighted by molar-refractivity contribution is 0.268. The van der Waals surface area contributed by atoms with Crippen LogP contribution < -0.4 is 5.48 Å². The molecule has 0 spiro atoms. The molecule has 0 atom stereocenters. The zero-order valence-electron chi connectivity index (χ0n) is 7.44. The molecular weight excluding hydrogens is 157 g/mol. The highest BCUT2D eigenvalue weighted by molar-refractivity contribution is 5.47. The summed E-state index contributed by atoms with van der Waals surface area (Å²) in [6.07, 6.45) is 0. The van der Waals surface area contributed by atoms with E-state index in [-0.39, 0.29) is 5.82 Å². The molecule has 0 aliphatic carbocycles. The lowest BCUT2D eigenvalue weighted by atomic mass is 10.1. The average Bonchev–Trinajstić information content (AvgIpc) is 2.01. The van der Waals surface area contributed by atoms with Gasteiger partial charge >= 0.3 is 0 Å². The van der Waals surface area contributed by atoms with Crippen LogP contribution in [0.25, 0.3) is 0 Å². The van der Waals surface area contributed by atoms with Crippen molar-refractivity contribution in [2.45, 2.75) is 13.8 Å². The highest BCUT2D eigenvalue weighted by Crippen LogP contribution is 2.18. The van der Waals surface area contributed by atoms with E-state index in [1.54, 1.807) is 6.07 Å². The van der Waals surface area contributed by atoms with Crippen molar-refractivity contribution in [1.82, 2.24) is 0 Å². The van der Waals surface area contributed by atoms with Gasteiger partial charge in [0.05, 0.1) is 12.8 Å². The van der Waals surface area contributed by atoms with Gasteiger partial charge in [0.15, 0.2) is 0 Å². The minimum Gasteiger partial charge on any atom is -0.279 e. The predicted octanol–water partition coefficient (Wildman–Crippen LogP) is 2.42. The van der Waals surface area contributed by atoms with Crippen LogP contribution >= 0.6 is 0 Å². The Hall–Kier alpha value is -1.09. The Morgan fingerprint density at radius 3 is 2.42 bits per heavy atom. The molecule has 0 aliphatic heterocycles. The number of nitrogens with one attached hydrogen (secondary N) is 1. The molecule has 1 aromatic rings. The zero-order valence-corrected chi connectivity index (χ0v) is 7.44. The van der Waals surface area contributed by atoms with Gasteiger partial charge in [-0.3, -0.25) is 10.3 Å². The number of benzene rings is 1. The number of hydrogen-bond donors (Lipinski definition) is 1. The second-order valence-electron chi connectivity index (χ2n) is 2.72. The third-order valence-corrected chi connectivity index (χ3v) is 1.80. The topological polar surface area (TPSA) is 21.3 Å². The Kier molecular flexibility index (Phi) is 2.65.